The van der Waals surface area contributed by atoms with E-state index in [1.54, 1.807) is 0 Å². The standard InChI is InChI=1S/C20H22N6O2S/c1-13-6-5-9-15-16(13)24-20(29-15)25-19-17(26(27)28)18(22-12-23-19)21-11-10-14-7-3-2-4-8-14/h5-7,9,12H,2-4,8,10-11H2,1H3,(H2,21,22,23,24,25). The van der Waals surface area contributed by atoms with Gasteiger partial charge in [0.05, 0.1) is 15.1 Å². The van der Waals surface area contributed by atoms with Crippen molar-refractivity contribution in [2.45, 2.75) is 39.0 Å². The maximum atomic E-state index is 11.7. The summed E-state index contributed by atoms with van der Waals surface area (Å²) in [4.78, 5) is 24.0. The van der Waals surface area contributed by atoms with Crippen LogP contribution in [0, 0.1) is 17.0 Å². The van der Waals surface area contributed by atoms with Gasteiger partial charge in [0.25, 0.3) is 0 Å². The topological polar surface area (TPSA) is 106 Å². The van der Waals surface area contributed by atoms with Crippen molar-refractivity contribution >= 4 is 44.0 Å². The van der Waals surface area contributed by atoms with Crippen LogP contribution < -0.4 is 10.6 Å². The number of nitrogens with zero attached hydrogens (tertiary/aromatic N) is 4. The second kappa shape index (κ2) is 8.52. The Morgan fingerprint density at radius 3 is 2.86 bits per heavy atom. The van der Waals surface area contributed by atoms with Gasteiger partial charge in [-0.3, -0.25) is 10.1 Å². The lowest BCUT2D eigenvalue weighted by atomic mass is 9.97. The van der Waals surface area contributed by atoms with E-state index < -0.39 is 4.92 Å². The monoisotopic (exact) mass is 410 g/mol. The molecular formula is C20H22N6O2S. The molecule has 1 aliphatic carbocycles. The second-order valence-electron chi connectivity index (χ2n) is 7.03. The molecule has 2 aromatic heterocycles. The van der Waals surface area contributed by atoms with E-state index in [2.05, 4.69) is 31.7 Å². The first-order valence-electron chi connectivity index (χ1n) is 9.66. The molecule has 0 bridgehead atoms. The predicted octanol–water partition coefficient (Wildman–Crippen LogP) is 5.35. The van der Waals surface area contributed by atoms with Crippen LogP contribution in [-0.2, 0) is 0 Å². The number of aryl methyl sites for hydroxylation is 1. The SMILES string of the molecule is Cc1cccc2sc(Nc3ncnc(NCCC4=CCCCC4)c3[N+](=O)[O-])nc12. The second-order valence-corrected chi connectivity index (χ2v) is 8.06. The Bertz CT molecular complexity index is 1080. The molecule has 0 unspecified atom stereocenters. The Morgan fingerprint density at radius 1 is 1.24 bits per heavy atom. The third kappa shape index (κ3) is 4.34. The lowest BCUT2D eigenvalue weighted by molar-refractivity contribution is -0.383. The van der Waals surface area contributed by atoms with Crippen molar-refractivity contribution < 1.29 is 4.92 Å². The average Bonchev–Trinajstić information content (AvgIpc) is 3.13. The van der Waals surface area contributed by atoms with Gasteiger partial charge >= 0.3 is 5.69 Å². The summed E-state index contributed by atoms with van der Waals surface area (Å²) in [5.74, 6) is 0.363. The largest absolute Gasteiger partial charge is 0.364 e. The summed E-state index contributed by atoms with van der Waals surface area (Å²) >= 11 is 1.44. The Morgan fingerprint density at radius 2 is 2.10 bits per heavy atom. The molecule has 2 N–H and O–H groups in total. The van der Waals surface area contributed by atoms with Gasteiger partial charge in [-0.2, -0.15) is 0 Å². The fourth-order valence-corrected chi connectivity index (χ4v) is 4.43. The number of allylic oxidation sites excluding steroid dienone is 1. The fourth-order valence-electron chi connectivity index (χ4n) is 3.49. The Labute approximate surface area is 172 Å². The van der Waals surface area contributed by atoms with Crippen LogP contribution in [0.1, 0.15) is 37.7 Å². The van der Waals surface area contributed by atoms with Crippen molar-refractivity contribution in [1.29, 1.82) is 0 Å². The smallest absolute Gasteiger partial charge is 0.353 e. The molecule has 0 fully saturated rings. The van der Waals surface area contributed by atoms with Crippen LogP contribution in [0.2, 0.25) is 0 Å². The first-order chi connectivity index (χ1) is 14.1. The van der Waals surface area contributed by atoms with Gasteiger partial charge in [0.1, 0.15) is 6.33 Å². The number of benzene rings is 1. The average molecular weight is 411 g/mol. The van der Waals surface area contributed by atoms with Gasteiger partial charge in [-0.25, -0.2) is 15.0 Å². The van der Waals surface area contributed by atoms with E-state index in [4.69, 9.17) is 0 Å². The van der Waals surface area contributed by atoms with Gasteiger partial charge < -0.3 is 10.6 Å². The third-order valence-corrected chi connectivity index (χ3v) is 5.91. The zero-order valence-electron chi connectivity index (χ0n) is 16.1. The molecule has 0 atom stereocenters. The predicted molar refractivity (Wildman–Crippen MR) is 116 cm³/mol. The summed E-state index contributed by atoms with van der Waals surface area (Å²) in [6, 6.07) is 5.94. The van der Waals surface area contributed by atoms with E-state index in [0.717, 1.165) is 35.0 Å². The number of anilines is 3. The molecule has 0 spiro atoms. The van der Waals surface area contributed by atoms with Crippen LogP contribution in [0.4, 0.5) is 22.5 Å². The van der Waals surface area contributed by atoms with Crippen molar-refractivity contribution in [2.75, 3.05) is 17.2 Å². The molecule has 9 heteroatoms. The number of para-hydroxylation sites is 1. The summed E-state index contributed by atoms with van der Waals surface area (Å²) < 4.78 is 1.02. The van der Waals surface area contributed by atoms with Crippen molar-refractivity contribution in [3.8, 4) is 0 Å². The number of rotatable bonds is 7. The molecule has 29 heavy (non-hydrogen) atoms. The van der Waals surface area contributed by atoms with Crippen LogP contribution in [-0.4, -0.2) is 26.4 Å². The van der Waals surface area contributed by atoms with Gasteiger partial charge in [0, 0.05) is 6.54 Å². The molecule has 0 radical (unpaired) electrons. The zero-order valence-corrected chi connectivity index (χ0v) is 17.0. The zero-order chi connectivity index (χ0) is 20.2. The number of nitro groups is 1. The minimum absolute atomic E-state index is 0.140. The minimum Gasteiger partial charge on any atom is -0.364 e. The molecule has 1 aliphatic rings. The number of aromatic nitrogens is 3. The number of hydrogen-bond donors (Lipinski definition) is 2. The number of nitrogens with one attached hydrogen (secondary N) is 2. The van der Waals surface area contributed by atoms with Gasteiger partial charge in [0.2, 0.25) is 11.6 Å². The quantitative estimate of drug-likeness (QED) is 0.307. The molecular weight excluding hydrogens is 388 g/mol. The summed E-state index contributed by atoms with van der Waals surface area (Å²) in [6.45, 7) is 2.59. The fraction of sp³-hybridized carbons (Fsp3) is 0.350. The normalized spacial score (nSPS) is 13.9. The van der Waals surface area contributed by atoms with Crippen LogP contribution in [0.5, 0.6) is 0 Å². The van der Waals surface area contributed by atoms with E-state index in [1.165, 1.54) is 36.1 Å². The van der Waals surface area contributed by atoms with Crippen molar-refractivity contribution in [2.24, 2.45) is 0 Å². The summed E-state index contributed by atoms with van der Waals surface area (Å²) in [6.07, 6.45) is 9.17. The van der Waals surface area contributed by atoms with Gasteiger partial charge in [-0.05, 0) is 50.7 Å². The maximum absolute atomic E-state index is 11.7. The highest BCUT2D eigenvalue weighted by Gasteiger charge is 2.24. The third-order valence-electron chi connectivity index (χ3n) is 4.97. The van der Waals surface area contributed by atoms with Gasteiger partial charge in [0.15, 0.2) is 5.13 Å². The highest BCUT2D eigenvalue weighted by molar-refractivity contribution is 7.22. The van der Waals surface area contributed by atoms with E-state index in [-0.39, 0.29) is 17.3 Å². The summed E-state index contributed by atoms with van der Waals surface area (Å²) in [7, 11) is 0. The van der Waals surface area contributed by atoms with Gasteiger partial charge in [-0.1, -0.05) is 35.1 Å². The van der Waals surface area contributed by atoms with E-state index in [9.17, 15) is 10.1 Å². The number of fused-ring (bicyclic) bond motifs is 1. The maximum Gasteiger partial charge on any atom is 0.353 e. The van der Waals surface area contributed by atoms with E-state index in [1.807, 2.05) is 25.1 Å². The summed E-state index contributed by atoms with van der Waals surface area (Å²) in [5.41, 5.74) is 3.18. The number of hydrogen-bond acceptors (Lipinski definition) is 8. The molecule has 0 saturated heterocycles. The van der Waals surface area contributed by atoms with Crippen LogP contribution >= 0.6 is 11.3 Å². The molecule has 0 aliphatic heterocycles. The molecule has 150 valence electrons. The lowest BCUT2D eigenvalue weighted by Gasteiger charge is -2.13. The van der Waals surface area contributed by atoms with Crippen molar-refractivity contribution in [3.63, 3.8) is 0 Å². The first kappa shape index (κ1) is 19.3. The van der Waals surface area contributed by atoms with Crippen LogP contribution in [0.15, 0.2) is 36.2 Å². The number of thiazole rings is 1. The van der Waals surface area contributed by atoms with E-state index in [0.29, 0.717) is 11.7 Å². The molecule has 0 amide bonds. The molecule has 2 heterocycles. The Balaban J connectivity index is 1.54. The minimum atomic E-state index is -0.455. The highest BCUT2D eigenvalue weighted by Crippen LogP contribution is 2.34. The van der Waals surface area contributed by atoms with Crippen molar-refractivity contribution in [3.05, 3.63) is 51.9 Å². The molecule has 4 rings (SSSR count). The van der Waals surface area contributed by atoms with E-state index >= 15 is 0 Å². The van der Waals surface area contributed by atoms with Crippen LogP contribution in [0.25, 0.3) is 10.2 Å². The first-order valence-corrected chi connectivity index (χ1v) is 10.5. The molecule has 3 aromatic rings. The Hall–Kier alpha value is -3.07. The van der Waals surface area contributed by atoms with Crippen molar-refractivity contribution in [1.82, 2.24) is 15.0 Å². The van der Waals surface area contributed by atoms with Crippen LogP contribution in [0.3, 0.4) is 0 Å². The molecule has 0 saturated carbocycles. The molecule has 8 nitrogen and oxygen atoms in total. The lowest BCUT2D eigenvalue weighted by Crippen LogP contribution is -2.10. The Kier molecular flexibility index (Phi) is 5.66. The summed E-state index contributed by atoms with van der Waals surface area (Å²) in [5, 5.41) is 18.4. The van der Waals surface area contributed by atoms with Gasteiger partial charge in [-0.15, -0.1) is 0 Å². The highest BCUT2D eigenvalue weighted by atomic mass is 32.1. The molecule has 1 aromatic carbocycles.